The highest BCUT2D eigenvalue weighted by molar-refractivity contribution is 7.89. The second-order valence-corrected chi connectivity index (χ2v) is 10.9. The van der Waals surface area contributed by atoms with Crippen LogP contribution < -0.4 is 11.1 Å². The lowest BCUT2D eigenvalue weighted by Crippen LogP contribution is -2.47. The van der Waals surface area contributed by atoms with Crippen LogP contribution in [0.15, 0.2) is 24.3 Å². The second-order valence-electron chi connectivity index (χ2n) is 8.95. The number of aryl methyl sites for hydroxylation is 1. The molecule has 2 fully saturated rings. The fraction of sp³-hybridized carbons (Fsp3) is 0.500. The third kappa shape index (κ3) is 4.28. The number of piperidine rings is 1. The summed E-state index contributed by atoms with van der Waals surface area (Å²) in [6, 6.07) is 7.77. The zero-order valence-electron chi connectivity index (χ0n) is 18.8. The number of sulfonamides is 1. The van der Waals surface area contributed by atoms with Gasteiger partial charge in [-0.15, -0.1) is 0 Å². The number of nitrogens with two attached hydrogens (primary N) is 1. The summed E-state index contributed by atoms with van der Waals surface area (Å²) < 4.78 is 32.4. The van der Waals surface area contributed by atoms with Gasteiger partial charge in [0, 0.05) is 54.0 Å². The largest absolute Gasteiger partial charge is 0.384 e. The van der Waals surface area contributed by atoms with Crippen molar-refractivity contribution in [3.8, 4) is 0 Å². The van der Waals surface area contributed by atoms with E-state index < -0.39 is 10.0 Å². The van der Waals surface area contributed by atoms with Gasteiger partial charge < -0.3 is 15.8 Å². The predicted molar refractivity (Wildman–Crippen MR) is 127 cm³/mol. The molecular weight excluding hydrogens is 442 g/mol. The van der Waals surface area contributed by atoms with Crippen LogP contribution in [0.1, 0.15) is 43.0 Å². The SMILES string of the molecule is COCCS(=O)(=O)N1[C@@H]2CC[C@H]1C[C@@H](c1ccc3c(N)nc(Nc4cc(C)[nH]n4)cc3n1)C2. The summed E-state index contributed by atoms with van der Waals surface area (Å²) in [6.45, 7) is 2.15. The molecule has 3 atom stereocenters. The van der Waals surface area contributed by atoms with E-state index in [2.05, 4.69) is 20.5 Å². The van der Waals surface area contributed by atoms with E-state index >= 15 is 0 Å². The number of ether oxygens (including phenoxy) is 1. The van der Waals surface area contributed by atoms with Crippen LogP contribution >= 0.6 is 0 Å². The van der Waals surface area contributed by atoms with Crippen LogP contribution in [0.4, 0.5) is 17.5 Å². The molecule has 0 radical (unpaired) electrons. The van der Waals surface area contributed by atoms with Crippen molar-refractivity contribution >= 4 is 38.4 Å². The van der Waals surface area contributed by atoms with Crippen LogP contribution in [-0.2, 0) is 14.8 Å². The first-order valence-corrected chi connectivity index (χ1v) is 12.8. The van der Waals surface area contributed by atoms with E-state index in [1.54, 1.807) is 4.31 Å². The lowest BCUT2D eigenvalue weighted by molar-refractivity contribution is 0.203. The number of aromatic amines is 1. The molecule has 2 bridgehead atoms. The second kappa shape index (κ2) is 8.54. The van der Waals surface area contributed by atoms with Crippen LogP contribution in [0.5, 0.6) is 0 Å². The standard InChI is InChI=1S/C22H29N7O3S/c1-13-9-21(28-27-13)25-20-12-19-17(22(23)26-20)5-6-18(24-19)14-10-15-3-4-16(11-14)29(15)33(30,31)8-7-32-2/h5-6,9,12,14-16H,3-4,7-8,10-11H2,1-2H3,(H4,23,25,26,27,28)/t14-,15+,16-. The molecule has 11 heteroatoms. The summed E-state index contributed by atoms with van der Waals surface area (Å²) in [5.74, 6) is 1.89. The molecule has 2 saturated heterocycles. The monoisotopic (exact) mass is 471 g/mol. The van der Waals surface area contributed by atoms with Gasteiger partial charge in [0.05, 0.1) is 17.9 Å². The summed E-state index contributed by atoms with van der Waals surface area (Å²) in [5.41, 5.74) is 8.88. The van der Waals surface area contributed by atoms with E-state index in [1.165, 1.54) is 7.11 Å². The first kappa shape index (κ1) is 22.1. The molecule has 2 aliphatic rings. The van der Waals surface area contributed by atoms with Crippen molar-refractivity contribution in [2.24, 2.45) is 0 Å². The minimum atomic E-state index is -3.31. The zero-order chi connectivity index (χ0) is 23.2. The molecule has 5 rings (SSSR count). The lowest BCUT2D eigenvalue weighted by Gasteiger charge is -2.37. The lowest BCUT2D eigenvalue weighted by atomic mass is 9.89. The van der Waals surface area contributed by atoms with Gasteiger partial charge in [-0.2, -0.15) is 9.40 Å². The topological polar surface area (TPSA) is 139 Å². The number of hydrogen-bond acceptors (Lipinski definition) is 8. The van der Waals surface area contributed by atoms with Gasteiger partial charge >= 0.3 is 0 Å². The van der Waals surface area contributed by atoms with E-state index in [9.17, 15) is 8.42 Å². The zero-order valence-corrected chi connectivity index (χ0v) is 19.6. The number of nitrogen functional groups attached to an aromatic ring is 1. The Bertz CT molecular complexity index is 1260. The normalized spacial score (nSPS) is 23.3. The van der Waals surface area contributed by atoms with Crippen molar-refractivity contribution in [1.82, 2.24) is 24.5 Å². The number of hydrogen-bond donors (Lipinski definition) is 3. The predicted octanol–water partition coefficient (Wildman–Crippen LogP) is 2.67. The Balaban J connectivity index is 1.39. The van der Waals surface area contributed by atoms with Crippen molar-refractivity contribution in [2.75, 3.05) is 30.5 Å². The van der Waals surface area contributed by atoms with Crippen molar-refractivity contribution in [2.45, 2.75) is 50.6 Å². The molecule has 0 amide bonds. The Morgan fingerprint density at radius 3 is 2.61 bits per heavy atom. The number of aromatic nitrogens is 4. The number of nitrogens with one attached hydrogen (secondary N) is 2. The molecule has 3 aromatic heterocycles. The van der Waals surface area contributed by atoms with Crippen LogP contribution in [0.25, 0.3) is 10.9 Å². The highest BCUT2D eigenvalue weighted by atomic mass is 32.2. The van der Waals surface area contributed by atoms with E-state index in [-0.39, 0.29) is 30.4 Å². The summed E-state index contributed by atoms with van der Waals surface area (Å²) in [6.07, 6.45) is 3.35. The molecule has 0 saturated carbocycles. The number of methoxy groups -OCH3 is 1. The Hall–Kier alpha value is -2.76. The van der Waals surface area contributed by atoms with Gasteiger partial charge in [0.25, 0.3) is 0 Å². The Morgan fingerprint density at radius 2 is 1.94 bits per heavy atom. The smallest absolute Gasteiger partial charge is 0.216 e. The molecule has 3 aromatic rings. The van der Waals surface area contributed by atoms with Crippen molar-refractivity contribution in [1.29, 1.82) is 0 Å². The van der Waals surface area contributed by atoms with Crippen LogP contribution in [-0.4, -0.2) is 64.4 Å². The number of pyridine rings is 2. The fourth-order valence-corrected chi connectivity index (χ4v) is 7.08. The molecule has 5 heterocycles. The Morgan fingerprint density at radius 1 is 1.18 bits per heavy atom. The van der Waals surface area contributed by atoms with Gasteiger partial charge in [0.1, 0.15) is 11.6 Å². The number of fused-ring (bicyclic) bond motifs is 3. The van der Waals surface area contributed by atoms with Crippen LogP contribution in [0, 0.1) is 6.92 Å². The summed E-state index contributed by atoms with van der Waals surface area (Å²) >= 11 is 0. The third-order valence-corrected chi connectivity index (χ3v) is 8.57. The highest BCUT2D eigenvalue weighted by Crippen LogP contribution is 2.44. The maximum Gasteiger partial charge on any atom is 0.216 e. The average Bonchev–Trinajstić information content (AvgIpc) is 3.31. The van der Waals surface area contributed by atoms with Gasteiger partial charge in [0.2, 0.25) is 10.0 Å². The Labute approximate surface area is 193 Å². The summed E-state index contributed by atoms with van der Waals surface area (Å²) in [4.78, 5) is 9.36. The molecule has 33 heavy (non-hydrogen) atoms. The summed E-state index contributed by atoms with van der Waals surface area (Å²) in [5, 5.41) is 11.0. The third-order valence-electron chi connectivity index (χ3n) is 6.65. The van der Waals surface area contributed by atoms with Gasteiger partial charge in [-0.3, -0.25) is 10.1 Å². The van der Waals surface area contributed by atoms with E-state index in [0.29, 0.717) is 17.5 Å². The first-order valence-electron chi connectivity index (χ1n) is 11.2. The van der Waals surface area contributed by atoms with Crippen LogP contribution in [0.2, 0.25) is 0 Å². The quantitative estimate of drug-likeness (QED) is 0.478. The Kier molecular flexibility index (Phi) is 5.71. The minimum absolute atomic E-state index is 0.0238. The maximum absolute atomic E-state index is 12.8. The number of nitrogens with zero attached hydrogens (tertiary/aromatic N) is 4. The fourth-order valence-electron chi connectivity index (χ4n) is 5.20. The van der Waals surface area contributed by atoms with Gasteiger partial charge in [-0.05, 0) is 44.7 Å². The van der Waals surface area contributed by atoms with E-state index in [4.69, 9.17) is 15.5 Å². The van der Waals surface area contributed by atoms with Crippen molar-refractivity contribution in [3.63, 3.8) is 0 Å². The van der Waals surface area contributed by atoms with E-state index in [1.807, 2.05) is 31.2 Å². The molecule has 0 spiro atoms. The molecule has 4 N–H and O–H groups in total. The summed E-state index contributed by atoms with van der Waals surface area (Å²) in [7, 11) is -1.79. The molecule has 10 nitrogen and oxygen atoms in total. The minimum Gasteiger partial charge on any atom is -0.384 e. The maximum atomic E-state index is 12.8. The number of rotatable bonds is 7. The van der Waals surface area contributed by atoms with Gasteiger partial charge in [-0.1, -0.05) is 0 Å². The average molecular weight is 472 g/mol. The van der Waals surface area contributed by atoms with Crippen LogP contribution in [0.3, 0.4) is 0 Å². The van der Waals surface area contributed by atoms with Crippen molar-refractivity contribution < 1.29 is 13.2 Å². The molecule has 176 valence electrons. The molecular formula is C22H29N7O3S. The molecule has 0 unspecified atom stereocenters. The van der Waals surface area contributed by atoms with Gasteiger partial charge in [-0.25, -0.2) is 13.4 Å². The number of anilines is 3. The molecule has 0 aliphatic carbocycles. The van der Waals surface area contributed by atoms with Gasteiger partial charge in [0.15, 0.2) is 5.82 Å². The highest BCUT2D eigenvalue weighted by Gasteiger charge is 2.46. The number of H-pyrrole nitrogens is 1. The van der Waals surface area contributed by atoms with E-state index in [0.717, 1.165) is 48.0 Å². The molecule has 0 aromatic carbocycles. The first-order chi connectivity index (χ1) is 15.8. The van der Waals surface area contributed by atoms with Crippen molar-refractivity contribution in [3.05, 3.63) is 35.7 Å². The molecule has 2 aliphatic heterocycles.